The van der Waals surface area contributed by atoms with Gasteiger partial charge in [-0.05, 0) is 49.9 Å². The number of halogens is 3. The molecule has 34 heavy (non-hydrogen) atoms. The van der Waals surface area contributed by atoms with Gasteiger partial charge in [0.25, 0.3) is 5.56 Å². The van der Waals surface area contributed by atoms with Gasteiger partial charge in [-0.3, -0.25) is 14.6 Å². The second-order valence-corrected chi connectivity index (χ2v) is 8.18. The molecule has 0 fully saturated rings. The molecule has 10 heteroatoms. The lowest BCUT2D eigenvalue weighted by Crippen LogP contribution is -2.35. The van der Waals surface area contributed by atoms with Crippen LogP contribution in [0.25, 0.3) is 22.2 Å². The molecular formula is C24H20ClF2N5O2. The number of nitrogens with one attached hydrogen (secondary N) is 3. The number of likely N-dealkylation sites (N-methyl/N-ethyl adjacent to an activating group) is 1. The number of aromatic nitrogens is 3. The average Bonchev–Trinajstić information content (AvgIpc) is 2.79. The van der Waals surface area contributed by atoms with E-state index in [2.05, 4.69) is 25.6 Å². The maximum Gasteiger partial charge on any atom is 0.258 e. The largest absolute Gasteiger partial charge is 0.323 e. The molecule has 1 unspecified atom stereocenters. The summed E-state index contributed by atoms with van der Waals surface area (Å²) in [6, 6.07) is 9.11. The van der Waals surface area contributed by atoms with Crippen LogP contribution in [0.4, 0.5) is 14.5 Å². The maximum absolute atomic E-state index is 13.5. The molecule has 0 aliphatic rings. The van der Waals surface area contributed by atoms with Crippen molar-refractivity contribution in [1.82, 2.24) is 20.3 Å². The molecule has 0 saturated carbocycles. The normalized spacial score (nSPS) is 12.0. The van der Waals surface area contributed by atoms with Gasteiger partial charge in [0.15, 0.2) is 0 Å². The van der Waals surface area contributed by atoms with E-state index in [0.717, 1.165) is 6.07 Å². The van der Waals surface area contributed by atoms with Gasteiger partial charge < -0.3 is 15.6 Å². The van der Waals surface area contributed by atoms with Crippen LogP contribution in [-0.2, 0) is 11.2 Å². The molecular weight excluding hydrogens is 464 g/mol. The van der Waals surface area contributed by atoms with Gasteiger partial charge in [0, 0.05) is 29.3 Å². The van der Waals surface area contributed by atoms with Crippen molar-refractivity contribution in [3.8, 4) is 11.3 Å². The number of hydrogen-bond donors (Lipinski definition) is 3. The predicted molar refractivity (Wildman–Crippen MR) is 127 cm³/mol. The van der Waals surface area contributed by atoms with E-state index in [4.69, 9.17) is 11.6 Å². The number of nitrogens with zero attached hydrogens (tertiary/aromatic N) is 2. The number of anilines is 1. The second kappa shape index (κ2) is 9.66. The summed E-state index contributed by atoms with van der Waals surface area (Å²) < 4.78 is 27.0. The van der Waals surface area contributed by atoms with Gasteiger partial charge in [0.05, 0.1) is 22.8 Å². The molecule has 3 N–H and O–H groups in total. The summed E-state index contributed by atoms with van der Waals surface area (Å²) in [5.41, 5.74) is 1.66. The zero-order valence-electron chi connectivity index (χ0n) is 18.2. The Balaban J connectivity index is 1.66. The molecule has 0 aliphatic carbocycles. The van der Waals surface area contributed by atoms with Gasteiger partial charge in [-0.25, -0.2) is 13.8 Å². The monoisotopic (exact) mass is 483 g/mol. The highest BCUT2D eigenvalue weighted by molar-refractivity contribution is 6.32. The van der Waals surface area contributed by atoms with Gasteiger partial charge in [-0.15, -0.1) is 0 Å². The van der Waals surface area contributed by atoms with Crippen LogP contribution in [-0.4, -0.2) is 33.9 Å². The Morgan fingerprint density at radius 1 is 1.15 bits per heavy atom. The van der Waals surface area contributed by atoms with E-state index in [9.17, 15) is 18.4 Å². The lowest BCUT2D eigenvalue weighted by molar-refractivity contribution is -0.117. The quantitative estimate of drug-likeness (QED) is 0.384. The lowest BCUT2D eigenvalue weighted by Gasteiger charge is -2.13. The van der Waals surface area contributed by atoms with E-state index < -0.39 is 23.2 Å². The van der Waals surface area contributed by atoms with Crippen LogP contribution >= 0.6 is 11.6 Å². The molecule has 4 aromatic rings. The minimum absolute atomic E-state index is 0.235. The minimum atomic E-state index is -0.689. The number of carbonyl (C=O) groups is 1. The van der Waals surface area contributed by atoms with Crippen molar-refractivity contribution in [2.24, 2.45) is 0 Å². The van der Waals surface area contributed by atoms with Crippen molar-refractivity contribution in [3.63, 3.8) is 0 Å². The maximum atomic E-state index is 13.5. The Kier molecular flexibility index (Phi) is 6.67. The molecule has 2 aromatic carbocycles. The van der Waals surface area contributed by atoms with Crippen LogP contribution in [0.3, 0.4) is 0 Å². The first-order chi connectivity index (χ1) is 16.2. The minimum Gasteiger partial charge on any atom is -0.323 e. The average molecular weight is 484 g/mol. The molecule has 0 spiro atoms. The van der Waals surface area contributed by atoms with E-state index in [1.54, 1.807) is 32.3 Å². The fraction of sp³-hybridized carbons (Fsp3) is 0.167. The molecule has 1 atom stereocenters. The first-order valence-electron chi connectivity index (χ1n) is 10.4. The van der Waals surface area contributed by atoms with Crippen LogP contribution in [0.15, 0.2) is 53.5 Å². The van der Waals surface area contributed by atoms with Gasteiger partial charge in [0.2, 0.25) is 5.91 Å². The molecule has 174 valence electrons. The summed E-state index contributed by atoms with van der Waals surface area (Å²) in [6.45, 7) is 1.70. The number of pyridine rings is 1. The zero-order valence-corrected chi connectivity index (χ0v) is 19.0. The van der Waals surface area contributed by atoms with Crippen LogP contribution < -0.4 is 16.2 Å². The van der Waals surface area contributed by atoms with E-state index in [-0.39, 0.29) is 22.7 Å². The summed E-state index contributed by atoms with van der Waals surface area (Å²) >= 11 is 6.14. The number of fused-ring (bicyclic) bond motifs is 1. The van der Waals surface area contributed by atoms with Crippen LogP contribution in [0.1, 0.15) is 18.3 Å². The first-order valence-corrected chi connectivity index (χ1v) is 10.7. The molecule has 0 radical (unpaired) electrons. The Labute approximate surface area is 198 Å². The Hall–Kier alpha value is -3.69. The zero-order chi connectivity index (χ0) is 24.4. The standard InChI is InChI=1S/C24H20ClF2N5O2/c1-12(28-2)23(33)30-20-9-15(25)8-18-22(20)31-21(32-24(18)34)5-13-3-4-19(29-11-13)14-6-16(26)10-17(27)7-14/h3-4,6-12,28H,5H2,1-2H3,(H,30,33)(H,31,32,34). The van der Waals surface area contributed by atoms with Gasteiger partial charge in [0.1, 0.15) is 23.0 Å². The molecule has 2 aromatic heterocycles. The molecule has 2 heterocycles. The van der Waals surface area contributed by atoms with Crippen molar-refractivity contribution < 1.29 is 13.6 Å². The van der Waals surface area contributed by atoms with Gasteiger partial charge in [-0.1, -0.05) is 17.7 Å². The fourth-order valence-corrected chi connectivity index (χ4v) is 3.62. The van der Waals surface area contributed by atoms with E-state index in [1.165, 1.54) is 24.3 Å². The number of aromatic amines is 1. The summed E-state index contributed by atoms with van der Waals surface area (Å²) in [7, 11) is 1.66. The SMILES string of the molecule is CNC(C)C(=O)Nc1cc(Cl)cc2c(=O)[nH]c(Cc3ccc(-c4cc(F)cc(F)c4)nc3)nc12. The van der Waals surface area contributed by atoms with E-state index in [0.29, 0.717) is 33.8 Å². The van der Waals surface area contributed by atoms with Crippen molar-refractivity contribution in [1.29, 1.82) is 0 Å². The topological polar surface area (TPSA) is 99.8 Å². The van der Waals surface area contributed by atoms with E-state index in [1.807, 2.05) is 0 Å². The number of carbonyl (C=O) groups excluding carboxylic acids is 1. The summed E-state index contributed by atoms with van der Waals surface area (Å²) in [5.74, 6) is -1.33. The van der Waals surface area contributed by atoms with Crippen LogP contribution in [0.2, 0.25) is 5.02 Å². The molecule has 0 aliphatic heterocycles. The highest BCUT2D eigenvalue weighted by atomic mass is 35.5. The lowest BCUT2D eigenvalue weighted by atomic mass is 10.1. The number of rotatable bonds is 6. The highest BCUT2D eigenvalue weighted by Gasteiger charge is 2.16. The summed E-state index contributed by atoms with van der Waals surface area (Å²) in [5, 5.41) is 6.12. The van der Waals surface area contributed by atoms with Crippen molar-refractivity contribution in [2.45, 2.75) is 19.4 Å². The highest BCUT2D eigenvalue weighted by Crippen LogP contribution is 2.25. The van der Waals surface area contributed by atoms with Crippen molar-refractivity contribution >= 4 is 34.1 Å². The first kappa shape index (κ1) is 23.5. The Morgan fingerprint density at radius 2 is 1.88 bits per heavy atom. The number of amides is 1. The van der Waals surface area contributed by atoms with Crippen molar-refractivity contribution in [2.75, 3.05) is 12.4 Å². The third-order valence-electron chi connectivity index (χ3n) is 5.26. The fourth-order valence-electron chi connectivity index (χ4n) is 3.40. The number of H-pyrrole nitrogens is 1. The summed E-state index contributed by atoms with van der Waals surface area (Å²) in [4.78, 5) is 36.6. The van der Waals surface area contributed by atoms with Crippen LogP contribution in [0.5, 0.6) is 0 Å². The van der Waals surface area contributed by atoms with E-state index >= 15 is 0 Å². The molecule has 7 nitrogen and oxygen atoms in total. The van der Waals surface area contributed by atoms with Crippen molar-refractivity contribution in [3.05, 3.63) is 87.1 Å². The molecule has 4 rings (SSSR count). The third-order valence-corrected chi connectivity index (χ3v) is 5.48. The number of hydrogen-bond acceptors (Lipinski definition) is 5. The predicted octanol–water partition coefficient (Wildman–Crippen LogP) is 4.05. The summed E-state index contributed by atoms with van der Waals surface area (Å²) in [6.07, 6.45) is 1.78. The van der Waals surface area contributed by atoms with Crippen LogP contribution in [0, 0.1) is 11.6 Å². The molecule has 0 bridgehead atoms. The Bertz CT molecular complexity index is 1420. The molecule has 1 amide bonds. The van der Waals surface area contributed by atoms with Gasteiger partial charge >= 0.3 is 0 Å². The Morgan fingerprint density at radius 3 is 2.53 bits per heavy atom. The van der Waals surface area contributed by atoms with Gasteiger partial charge in [-0.2, -0.15) is 0 Å². The second-order valence-electron chi connectivity index (χ2n) is 7.75. The number of benzene rings is 2. The molecule has 0 saturated heterocycles. The smallest absolute Gasteiger partial charge is 0.258 e. The third kappa shape index (κ3) is 5.11.